The van der Waals surface area contributed by atoms with Crippen molar-refractivity contribution in [1.82, 2.24) is 15.3 Å². The molecule has 2 N–H and O–H groups in total. The summed E-state index contributed by atoms with van der Waals surface area (Å²) in [5, 5.41) is 5.84. The second kappa shape index (κ2) is 6.49. The van der Waals surface area contributed by atoms with Gasteiger partial charge in [0.05, 0.1) is 0 Å². The first-order chi connectivity index (χ1) is 9.29. The van der Waals surface area contributed by atoms with Crippen molar-refractivity contribution >= 4 is 17.5 Å². The van der Waals surface area contributed by atoms with Crippen molar-refractivity contribution in [2.75, 3.05) is 11.9 Å². The number of hydrogen-bond donors (Lipinski definition) is 2. The fourth-order valence-electron chi connectivity index (χ4n) is 1.53. The average molecular weight is 256 g/mol. The van der Waals surface area contributed by atoms with Crippen LogP contribution in [0.25, 0.3) is 0 Å². The highest BCUT2D eigenvalue weighted by atomic mass is 16.1. The number of anilines is 2. The van der Waals surface area contributed by atoms with Gasteiger partial charge in [0.1, 0.15) is 5.69 Å². The van der Waals surface area contributed by atoms with Gasteiger partial charge in [-0.3, -0.25) is 4.79 Å². The molecule has 98 valence electrons. The number of amides is 1. The highest BCUT2D eigenvalue weighted by Crippen LogP contribution is 2.11. The molecule has 0 unspecified atom stereocenters. The average Bonchev–Trinajstić information content (AvgIpc) is 2.46. The van der Waals surface area contributed by atoms with Gasteiger partial charge >= 0.3 is 0 Å². The topological polar surface area (TPSA) is 66.9 Å². The number of carbonyl (C=O) groups excluding carboxylic acids is 1. The zero-order chi connectivity index (χ0) is 13.5. The molecule has 0 spiro atoms. The van der Waals surface area contributed by atoms with Gasteiger partial charge in [-0.1, -0.05) is 25.1 Å². The number of rotatable bonds is 5. The molecule has 0 bridgehead atoms. The van der Waals surface area contributed by atoms with E-state index in [0.717, 1.165) is 12.1 Å². The summed E-state index contributed by atoms with van der Waals surface area (Å²) in [4.78, 5) is 20.1. The first-order valence-corrected chi connectivity index (χ1v) is 6.23. The standard InChI is InChI=1S/C14H16N4O/c1-2-9-15-13(19)12-8-10-16-14(18-12)17-11-6-4-3-5-7-11/h3-8,10H,2,9H2,1H3,(H,15,19)(H,16,17,18). The summed E-state index contributed by atoms with van der Waals surface area (Å²) in [5.41, 5.74) is 1.25. The maximum atomic E-state index is 11.8. The SMILES string of the molecule is CCCNC(=O)c1ccnc(Nc2ccccc2)n1. The van der Waals surface area contributed by atoms with E-state index in [0.29, 0.717) is 18.2 Å². The van der Waals surface area contributed by atoms with Gasteiger partial charge in [-0.15, -0.1) is 0 Å². The van der Waals surface area contributed by atoms with Crippen molar-refractivity contribution in [2.24, 2.45) is 0 Å². The summed E-state index contributed by atoms with van der Waals surface area (Å²) >= 11 is 0. The second-order valence-electron chi connectivity index (χ2n) is 4.01. The lowest BCUT2D eigenvalue weighted by molar-refractivity contribution is 0.0948. The van der Waals surface area contributed by atoms with Crippen LogP contribution >= 0.6 is 0 Å². The van der Waals surface area contributed by atoms with Crippen molar-refractivity contribution in [3.8, 4) is 0 Å². The lowest BCUT2D eigenvalue weighted by atomic mass is 10.3. The van der Waals surface area contributed by atoms with Gasteiger partial charge in [-0.2, -0.15) is 0 Å². The summed E-state index contributed by atoms with van der Waals surface area (Å²) in [6.45, 7) is 2.65. The number of hydrogen-bond acceptors (Lipinski definition) is 4. The zero-order valence-corrected chi connectivity index (χ0v) is 10.8. The van der Waals surface area contributed by atoms with Crippen LogP contribution in [-0.2, 0) is 0 Å². The molecule has 0 aliphatic carbocycles. The highest BCUT2D eigenvalue weighted by Gasteiger charge is 2.07. The van der Waals surface area contributed by atoms with Crippen LogP contribution in [0, 0.1) is 0 Å². The Kier molecular flexibility index (Phi) is 4.44. The minimum atomic E-state index is -0.180. The van der Waals surface area contributed by atoms with E-state index in [9.17, 15) is 4.79 Å². The van der Waals surface area contributed by atoms with Crippen molar-refractivity contribution in [2.45, 2.75) is 13.3 Å². The summed E-state index contributed by atoms with van der Waals surface area (Å²) in [6, 6.07) is 11.2. The van der Waals surface area contributed by atoms with Crippen LogP contribution in [0.4, 0.5) is 11.6 Å². The first-order valence-electron chi connectivity index (χ1n) is 6.23. The van der Waals surface area contributed by atoms with Crippen molar-refractivity contribution in [3.63, 3.8) is 0 Å². The van der Waals surface area contributed by atoms with Gasteiger partial charge in [0.15, 0.2) is 0 Å². The predicted octanol–water partition coefficient (Wildman–Crippen LogP) is 2.36. The minimum absolute atomic E-state index is 0.180. The molecule has 2 aromatic rings. The van der Waals surface area contributed by atoms with E-state index >= 15 is 0 Å². The lowest BCUT2D eigenvalue weighted by Gasteiger charge is -2.06. The number of benzene rings is 1. The van der Waals surface area contributed by atoms with E-state index in [-0.39, 0.29) is 5.91 Å². The number of para-hydroxylation sites is 1. The van der Waals surface area contributed by atoms with Crippen LogP contribution in [0.2, 0.25) is 0 Å². The Balaban J connectivity index is 2.09. The van der Waals surface area contributed by atoms with E-state index in [4.69, 9.17) is 0 Å². The lowest BCUT2D eigenvalue weighted by Crippen LogP contribution is -2.25. The summed E-state index contributed by atoms with van der Waals surface area (Å²) in [6.07, 6.45) is 2.46. The summed E-state index contributed by atoms with van der Waals surface area (Å²) in [7, 11) is 0. The number of carbonyl (C=O) groups is 1. The molecular formula is C14H16N4O. The third-order valence-corrected chi connectivity index (χ3v) is 2.45. The molecule has 5 heteroatoms. The Morgan fingerprint density at radius 3 is 2.74 bits per heavy atom. The predicted molar refractivity (Wildman–Crippen MR) is 74.4 cm³/mol. The molecule has 0 aliphatic heterocycles. The van der Waals surface area contributed by atoms with Crippen LogP contribution < -0.4 is 10.6 Å². The third-order valence-electron chi connectivity index (χ3n) is 2.45. The highest BCUT2D eigenvalue weighted by molar-refractivity contribution is 5.92. The number of nitrogens with one attached hydrogen (secondary N) is 2. The fraction of sp³-hybridized carbons (Fsp3) is 0.214. The summed E-state index contributed by atoms with van der Waals surface area (Å²) < 4.78 is 0. The van der Waals surface area contributed by atoms with E-state index in [1.54, 1.807) is 12.3 Å². The molecule has 0 atom stereocenters. The van der Waals surface area contributed by atoms with Gasteiger partial charge in [-0.25, -0.2) is 9.97 Å². The first kappa shape index (κ1) is 13.0. The molecule has 1 amide bonds. The van der Waals surface area contributed by atoms with Gasteiger partial charge < -0.3 is 10.6 Å². The number of aromatic nitrogens is 2. The molecule has 1 aromatic heterocycles. The molecule has 5 nitrogen and oxygen atoms in total. The maximum Gasteiger partial charge on any atom is 0.270 e. The molecular weight excluding hydrogens is 240 g/mol. The Labute approximate surface area is 112 Å². The summed E-state index contributed by atoms with van der Waals surface area (Å²) in [5.74, 6) is 0.232. The number of nitrogens with zero attached hydrogens (tertiary/aromatic N) is 2. The molecule has 0 saturated heterocycles. The monoisotopic (exact) mass is 256 g/mol. The van der Waals surface area contributed by atoms with E-state index < -0.39 is 0 Å². The third kappa shape index (κ3) is 3.77. The van der Waals surface area contributed by atoms with Crippen LogP contribution in [0.1, 0.15) is 23.8 Å². The molecule has 19 heavy (non-hydrogen) atoms. The minimum Gasteiger partial charge on any atom is -0.351 e. The normalized spacial score (nSPS) is 9.95. The van der Waals surface area contributed by atoms with Gasteiger partial charge in [0, 0.05) is 18.4 Å². The Morgan fingerprint density at radius 2 is 2.00 bits per heavy atom. The molecule has 1 aromatic carbocycles. The Morgan fingerprint density at radius 1 is 1.21 bits per heavy atom. The Hall–Kier alpha value is -2.43. The van der Waals surface area contributed by atoms with Crippen molar-refractivity contribution in [3.05, 3.63) is 48.3 Å². The molecule has 0 aliphatic rings. The fourth-order valence-corrected chi connectivity index (χ4v) is 1.53. The second-order valence-corrected chi connectivity index (χ2v) is 4.01. The van der Waals surface area contributed by atoms with Gasteiger partial charge in [0.25, 0.3) is 5.91 Å². The van der Waals surface area contributed by atoms with Crippen molar-refractivity contribution in [1.29, 1.82) is 0 Å². The zero-order valence-electron chi connectivity index (χ0n) is 10.8. The van der Waals surface area contributed by atoms with E-state index in [2.05, 4.69) is 20.6 Å². The van der Waals surface area contributed by atoms with Gasteiger partial charge in [0.2, 0.25) is 5.95 Å². The molecule has 0 fully saturated rings. The maximum absolute atomic E-state index is 11.8. The van der Waals surface area contributed by atoms with Crippen LogP contribution in [0.5, 0.6) is 0 Å². The quantitative estimate of drug-likeness (QED) is 0.861. The van der Waals surface area contributed by atoms with Gasteiger partial charge in [-0.05, 0) is 24.6 Å². The molecule has 1 heterocycles. The van der Waals surface area contributed by atoms with E-state index in [1.807, 2.05) is 37.3 Å². The molecule has 0 saturated carbocycles. The smallest absolute Gasteiger partial charge is 0.270 e. The molecule has 0 radical (unpaired) electrons. The van der Waals surface area contributed by atoms with Crippen LogP contribution in [0.3, 0.4) is 0 Å². The van der Waals surface area contributed by atoms with Crippen LogP contribution in [-0.4, -0.2) is 22.4 Å². The largest absolute Gasteiger partial charge is 0.351 e. The van der Waals surface area contributed by atoms with Crippen molar-refractivity contribution < 1.29 is 4.79 Å². The van der Waals surface area contributed by atoms with E-state index in [1.165, 1.54) is 0 Å². The molecule has 2 rings (SSSR count). The van der Waals surface area contributed by atoms with Crippen LogP contribution in [0.15, 0.2) is 42.6 Å². The Bertz CT molecular complexity index is 542.